The highest BCUT2D eigenvalue weighted by Gasteiger charge is 2.15. The van der Waals surface area contributed by atoms with Gasteiger partial charge in [-0.05, 0) is 97.1 Å². The number of rotatable bonds is 6. The van der Waals surface area contributed by atoms with E-state index in [0.29, 0.717) is 10.0 Å². The topological polar surface area (TPSA) is 18.5 Å². The maximum atomic E-state index is 5.90. The standard InChI is InChI=1S/C24H16Cl2IO2/c25-17-1-9-21(10-2-17)28-23-13-5-19(6-14-23)27-20-7-15-24(16-8-20)29-22-11-3-18(26)4-12-22/h1-16H/q+1. The summed E-state index contributed by atoms with van der Waals surface area (Å²) in [5.74, 6) is 3.17. The molecule has 0 fully saturated rings. The van der Waals surface area contributed by atoms with E-state index in [2.05, 4.69) is 24.3 Å². The van der Waals surface area contributed by atoms with Crippen LogP contribution in [-0.2, 0) is 0 Å². The summed E-state index contributed by atoms with van der Waals surface area (Å²) in [5.41, 5.74) is 0. The van der Waals surface area contributed by atoms with Gasteiger partial charge in [0.15, 0.2) is 7.14 Å². The largest absolute Gasteiger partial charge is 0.457 e. The minimum Gasteiger partial charge on any atom is -0.457 e. The van der Waals surface area contributed by atoms with Gasteiger partial charge < -0.3 is 9.47 Å². The molecule has 0 aliphatic carbocycles. The van der Waals surface area contributed by atoms with Crippen LogP contribution >= 0.6 is 23.2 Å². The third-order valence-corrected chi connectivity index (χ3v) is 7.13. The number of hydrogen-bond acceptors (Lipinski definition) is 2. The van der Waals surface area contributed by atoms with Crippen LogP contribution in [0.4, 0.5) is 0 Å². The zero-order valence-electron chi connectivity index (χ0n) is 15.2. The SMILES string of the molecule is Clc1ccc(Oc2ccc([I+]c3ccc(Oc4ccc(Cl)cc4)cc3)cc2)cc1. The molecule has 4 aromatic carbocycles. The summed E-state index contributed by atoms with van der Waals surface area (Å²) in [7, 11) is 0. The van der Waals surface area contributed by atoms with Gasteiger partial charge in [0.25, 0.3) is 0 Å². The smallest absolute Gasteiger partial charge is 0.357 e. The highest BCUT2D eigenvalue weighted by molar-refractivity contribution is 6.30. The first kappa shape index (κ1) is 20.1. The molecule has 0 radical (unpaired) electrons. The van der Waals surface area contributed by atoms with Crippen LogP contribution in [0.3, 0.4) is 0 Å². The van der Waals surface area contributed by atoms with Gasteiger partial charge in [-0.1, -0.05) is 23.2 Å². The molecule has 0 spiro atoms. The minimum absolute atomic E-state index is 0.273. The lowest BCUT2D eigenvalue weighted by molar-refractivity contribution is -0.597. The Kier molecular flexibility index (Phi) is 6.60. The van der Waals surface area contributed by atoms with Crippen molar-refractivity contribution in [2.45, 2.75) is 0 Å². The maximum absolute atomic E-state index is 5.90. The number of benzene rings is 4. The Morgan fingerprint density at radius 3 is 1.00 bits per heavy atom. The van der Waals surface area contributed by atoms with Crippen molar-refractivity contribution in [3.05, 3.63) is 114 Å². The van der Waals surface area contributed by atoms with E-state index in [1.165, 1.54) is 7.14 Å². The van der Waals surface area contributed by atoms with Gasteiger partial charge in [-0.3, -0.25) is 0 Å². The quantitative estimate of drug-likeness (QED) is 0.334. The molecule has 0 N–H and O–H groups in total. The van der Waals surface area contributed by atoms with Crippen molar-refractivity contribution in [2.75, 3.05) is 0 Å². The molecule has 29 heavy (non-hydrogen) atoms. The van der Waals surface area contributed by atoms with Gasteiger partial charge >= 0.3 is 21.2 Å². The Morgan fingerprint density at radius 1 is 0.414 bits per heavy atom. The predicted octanol–water partition coefficient (Wildman–Crippen LogP) is 4.71. The molecule has 0 aliphatic heterocycles. The van der Waals surface area contributed by atoms with Gasteiger partial charge in [0.05, 0.1) is 0 Å². The van der Waals surface area contributed by atoms with E-state index in [1.54, 1.807) is 0 Å². The second kappa shape index (κ2) is 9.53. The fourth-order valence-electron chi connectivity index (χ4n) is 2.53. The molecule has 144 valence electrons. The molecule has 0 unspecified atom stereocenters. The van der Waals surface area contributed by atoms with Crippen molar-refractivity contribution in [1.29, 1.82) is 0 Å². The Bertz CT molecular complexity index is 973. The van der Waals surface area contributed by atoms with E-state index in [4.69, 9.17) is 32.7 Å². The van der Waals surface area contributed by atoms with Crippen LogP contribution in [0.15, 0.2) is 97.1 Å². The maximum Gasteiger partial charge on any atom is 0.357 e. The Balaban J connectivity index is 1.36. The molecule has 4 aromatic rings. The van der Waals surface area contributed by atoms with E-state index in [1.807, 2.05) is 72.8 Å². The van der Waals surface area contributed by atoms with Crippen molar-refractivity contribution in [3.8, 4) is 23.0 Å². The molecule has 0 aliphatic rings. The molecular formula is C24H16Cl2IO2+. The fourth-order valence-corrected chi connectivity index (χ4v) is 4.94. The van der Waals surface area contributed by atoms with Crippen LogP contribution in [0.2, 0.25) is 10.0 Å². The minimum atomic E-state index is -0.273. The molecule has 4 rings (SSSR count). The van der Waals surface area contributed by atoms with E-state index in [-0.39, 0.29) is 21.2 Å². The normalized spacial score (nSPS) is 10.6. The lowest BCUT2D eigenvalue weighted by atomic mass is 10.3. The summed E-state index contributed by atoms with van der Waals surface area (Å²) in [4.78, 5) is 0. The van der Waals surface area contributed by atoms with Gasteiger partial charge in [-0.25, -0.2) is 0 Å². The highest BCUT2D eigenvalue weighted by Crippen LogP contribution is 2.23. The summed E-state index contributed by atoms with van der Waals surface area (Å²) < 4.78 is 14.3. The lowest BCUT2D eigenvalue weighted by Gasteiger charge is -2.05. The van der Waals surface area contributed by atoms with Crippen molar-refractivity contribution in [1.82, 2.24) is 0 Å². The highest BCUT2D eigenvalue weighted by atomic mass is 127. The number of ether oxygens (including phenoxy) is 2. The average Bonchev–Trinajstić information content (AvgIpc) is 2.74. The Morgan fingerprint density at radius 2 is 0.690 bits per heavy atom. The summed E-state index contributed by atoms with van der Waals surface area (Å²) in [5, 5.41) is 1.39. The van der Waals surface area contributed by atoms with E-state index >= 15 is 0 Å². The van der Waals surface area contributed by atoms with Gasteiger partial charge in [0, 0.05) is 10.0 Å². The van der Waals surface area contributed by atoms with Crippen LogP contribution < -0.4 is 30.7 Å². The number of hydrogen-bond donors (Lipinski definition) is 0. The van der Waals surface area contributed by atoms with Crippen molar-refractivity contribution < 1.29 is 30.7 Å². The van der Waals surface area contributed by atoms with Crippen molar-refractivity contribution >= 4 is 23.2 Å². The van der Waals surface area contributed by atoms with E-state index < -0.39 is 0 Å². The summed E-state index contributed by atoms with van der Waals surface area (Å²) in [6, 6.07) is 31.2. The first-order chi connectivity index (χ1) is 14.1. The zero-order valence-corrected chi connectivity index (χ0v) is 18.9. The van der Waals surface area contributed by atoms with Crippen LogP contribution in [-0.4, -0.2) is 0 Å². The second-order valence-corrected chi connectivity index (χ2v) is 10.0. The first-order valence-electron chi connectivity index (χ1n) is 8.86. The lowest BCUT2D eigenvalue weighted by Crippen LogP contribution is -3.61. The Hall–Kier alpha value is -2.21. The molecule has 5 heteroatoms. The van der Waals surface area contributed by atoms with Gasteiger partial charge in [0.1, 0.15) is 23.0 Å². The number of halogens is 3. The molecule has 0 saturated heterocycles. The van der Waals surface area contributed by atoms with Gasteiger partial charge in [-0.15, -0.1) is 0 Å². The van der Waals surface area contributed by atoms with Crippen LogP contribution in [0, 0.1) is 7.14 Å². The summed E-state index contributed by atoms with van der Waals surface area (Å²) in [6.45, 7) is 0. The molecule has 0 aromatic heterocycles. The predicted molar refractivity (Wildman–Crippen MR) is 113 cm³/mol. The fraction of sp³-hybridized carbons (Fsp3) is 0. The summed E-state index contributed by atoms with van der Waals surface area (Å²) >= 11 is 11.5. The molecule has 0 bridgehead atoms. The van der Waals surface area contributed by atoms with Crippen LogP contribution in [0.1, 0.15) is 0 Å². The third-order valence-electron chi connectivity index (χ3n) is 3.94. The van der Waals surface area contributed by atoms with E-state index in [9.17, 15) is 0 Å². The first-order valence-corrected chi connectivity index (χ1v) is 11.8. The zero-order chi connectivity index (χ0) is 20.1. The van der Waals surface area contributed by atoms with Gasteiger partial charge in [-0.2, -0.15) is 0 Å². The molecule has 0 atom stereocenters. The second-order valence-electron chi connectivity index (χ2n) is 6.11. The van der Waals surface area contributed by atoms with Crippen LogP contribution in [0.5, 0.6) is 23.0 Å². The third kappa shape index (κ3) is 5.89. The monoisotopic (exact) mass is 533 g/mol. The average molecular weight is 534 g/mol. The summed E-state index contributed by atoms with van der Waals surface area (Å²) in [6.07, 6.45) is 0. The molecule has 2 nitrogen and oxygen atoms in total. The molecular weight excluding hydrogens is 518 g/mol. The van der Waals surface area contributed by atoms with Crippen molar-refractivity contribution in [2.24, 2.45) is 0 Å². The Labute approximate surface area is 190 Å². The molecule has 0 amide bonds. The molecule has 0 heterocycles. The van der Waals surface area contributed by atoms with Crippen molar-refractivity contribution in [3.63, 3.8) is 0 Å². The van der Waals surface area contributed by atoms with E-state index in [0.717, 1.165) is 23.0 Å². The van der Waals surface area contributed by atoms with Crippen LogP contribution in [0.25, 0.3) is 0 Å². The van der Waals surface area contributed by atoms with Gasteiger partial charge in [0.2, 0.25) is 0 Å². The molecule has 0 saturated carbocycles.